The average molecular weight is 340 g/mol. The van der Waals surface area contributed by atoms with Crippen LogP contribution in [0.4, 0.5) is 0 Å². The van der Waals surface area contributed by atoms with Crippen LogP contribution in [0, 0.1) is 0 Å². The molecule has 0 saturated heterocycles. The molecular formula is C18H30BrN. The second-order valence-electron chi connectivity index (χ2n) is 5.67. The SMILES string of the molecule is CCCCCCCCCCN[C@@H](C)c1ccccc1Br. The highest BCUT2D eigenvalue weighted by molar-refractivity contribution is 9.10. The highest BCUT2D eigenvalue weighted by Crippen LogP contribution is 2.22. The Morgan fingerprint density at radius 1 is 0.950 bits per heavy atom. The van der Waals surface area contributed by atoms with Gasteiger partial charge in [-0.1, -0.05) is 86.0 Å². The van der Waals surface area contributed by atoms with Gasteiger partial charge in [-0.05, 0) is 31.5 Å². The molecule has 0 fully saturated rings. The number of benzene rings is 1. The van der Waals surface area contributed by atoms with Crippen molar-refractivity contribution < 1.29 is 0 Å². The smallest absolute Gasteiger partial charge is 0.0302 e. The lowest BCUT2D eigenvalue weighted by atomic mass is 10.1. The predicted molar refractivity (Wildman–Crippen MR) is 93.2 cm³/mol. The van der Waals surface area contributed by atoms with E-state index >= 15 is 0 Å². The molecule has 0 amide bonds. The molecule has 1 rings (SSSR count). The molecule has 0 heterocycles. The van der Waals surface area contributed by atoms with Gasteiger partial charge in [0.2, 0.25) is 0 Å². The minimum atomic E-state index is 0.426. The van der Waals surface area contributed by atoms with Gasteiger partial charge in [0.1, 0.15) is 0 Å². The first-order valence-corrected chi connectivity index (χ1v) is 9.02. The van der Waals surface area contributed by atoms with E-state index < -0.39 is 0 Å². The van der Waals surface area contributed by atoms with Crippen LogP contribution in [0.2, 0.25) is 0 Å². The second-order valence-corrected chi connectivity index (χ2v) is 6.53. The molecule has 1 atom stereocenters. The zero-order valence-electron chi connectivity index (χ0n) is 13.1. The molecule has 1 N–H and O–H groups in total. The zero-order chi connectivity index (χ0) is 14.6. The molecule has 0 aliphatic rings. The van der Waals surface area contributed by atoms with Crippen LogP contribution in [0.5, 0.6) is 0 Å². The Labute approximate surface area is 133 Å². The fourth-order valence-electron chi connectivity index (χ4n) is 2.51. The molecule has 0 bridgehead atoms. The number of rotatable bonds is 11. The number of hydrogen-bond acceptors (Lipinski definition) is 1. The second kappa shape index (κ2) is 11.3. The standard InChI is InChI=1S/C18H30BrN/c1-3-4-5-6-7-8-9-12-15-20-16(2)17-13-10-11-14-18(17)19/h10-11,13-14,16,20H,3-9,12,15H2,1-2H3/t16-/m0/s1. The molecule has 1 aromatic rings. The summed E-state index contributed by atoms with van der Waals surface area (Å²) in [7, 11) is 0. The Bertz CT molecular complexity index is 351. The Morgan fingerprint density at radius 3 is 2.20 bits per heavy atom. The van der Waals surface area contributed by atoms with Crippen molar-refractivity contribution >= 4 is 15.9 Å². The molecule has 0 aliphatic heterocycles. The molecular weight excluding hydrogens is 310 g/mol. The number of unbranched alkanes of at least 4 members (excludes halogenated alkanes) is 7. The van der Waals surface area contributed by atoms with Crippen molar-refractivity contribution in [2.75, 3.05) is 6.54 Å². The summed E-state index contributed by atoms with van der Waals surface area (Å²) < 4.78 is 1.20. The summed E-state index contributed by atoms with van der Waals surface area (Å²) in [5, 5.41) is 3.62. The van der Waals surface area contributed by atoms with Crippen molar-refractivity contribution in [3.63, 3.8) is 0 Å². The summed E-state index contributed by atoms with van der Waals surface area (Å²) in [6.45, 7) is 5.64. The van der Waals surface area contributed by atoms with E-state index in [0.29, 0.717) is 6.04 Å². The molecule has 1 nitrogen and oxygen atoms in total. The van der Waals surface area contributed by atoms with Gasteiger partial charge in [-0.3, -0.25) is 0 Å². The molecule has 2 heteroatoms. The molecule has 114 valence electrons. The Balaban J connectivity index is 2.03. The zero-order valence-corrected chi connectivity index (χ0v) is 14.7. The van der Waals surface area contributed by atoms with E-state index in [1.807, 2.05) is 0 Å². The van der Waals surface area contributed by atoms with Gasteiger partial charge >= 0.3 is 0 Å². The average Bonchev–Trinajstić information content (AvgIpc) is 2.46. The molecule has 0 aromatic heterocycles. The van der Waals surface area contributed by atoms with E-state index in [0.717, 1.165) is 6.54 Å². The van der Waals surface area contributed by atoms with Crippen molar-refractivity contribution in [3.8, 4) is 0 Å². The highest BCUT2D eigenvalue weighted by Gasteiger charge is 2.07. The van der Waals surface area contributed by atoms with Gasteiger partial charge < -0.3 is 5.32 Å². The van der Waals surface area contributed by atoms with E-state index in [1.54, 1.807) is 0 Å². The first-order valence-electron chi connectivity index (χ1n) is 8.23. The molecule has 0 spiro atoms. The third kappa shape index (κ3) is 7.44. The van der Waals surface area contributed by atoms with Crippen molar-refractivity contribution in [1.29, 1.82) is 0 Å². The molecule has 0 aliphatic carbocycles. The van der Waals surface area contributed by atoms with Gasteiger partial charge in [-0.25, -0.2) is 0 Å². The molecule has 20 heavy (non-hydrogen) atoms. The van der Waals surface area contributed by atoms with E-state index in [-0.39, 0.29) is 0 Å². The first kappa shape index (κ1) is 17.7. The third-order valence-electron chi connectivity index (χ3n) is 3.85. The van der Waals surface area contributed by atoms with Gasteiger partial charge in [0, 0.05) is 10.5 Å². The maximum atomic E-state index is 3.62. The Hall–Kier alpha value is -0.340. The fourth-order valence-corrected chi connectivity index (χ4v) is 3.14. The maximum Gasteiger partial charge on any atom is 0.0302 e. The summed E-state index contributed by atoms with van der Waals surface area (Å²) in [5.41, 5.74) is 1.35. The van der Waals surface area contributed by atoms with Crippen LogP contribution in [-0.2, 0) is 0 Å². The van der Waals surface area contributed by atoms with Crippen LogP contribution in [-0.4, -0.2) is 6.54 Å². The van der Waals surface area contributed by atoms with Crippen LogP contribution in [0.3, 0.4) is 0 Å². The highest BCUT2D eigenvalue weighted by atomic mass is 79.9. The van der Waals surface area contributed by atoms with Crippen LogP contribution < -0.4 is 5.32 Å². The lowest BCUT2D eigenvalue weighted by Crippen LogP contribution is -2.20. The lowest BCUT2D eigenvalue weighted by Gasteiger charge is -2.15. The maximum absolute atomic E-state index is 3.62. The summed E-state index contributed by atoms with van der Waals surface area (Å²) in [4.78, 5) is 0. The summed E-state index contributed by atoms with van der Waals surface area (Å²) in [6, 6.07) is 8.90. The van der Waals surface area contributed by atoms with Gasteiger partial charge in [-0.2, -0.15) is 0 Å². The van der Waals surface area contributed by atoms with Gasteiger partial charge in [0.15, 0.2) is 0 Å². The Morgan fingerprint density at radius 2 is 1.55 bits per heavy atom. The molecule has 0 radical (unpaired) electrons. The number of halogens is 1. The van der Waals surface area contributed by atoms with Crippen molar-refractivity contribution in [2.24, 2.45) is 0 Å². The normalized spacial score (nSPS) is 12.6. The van der Waals surface area contributed by atoms with E-state index in [1.165, 1.54) is 61.4 Å². The van der Waals surface area contributed by atoms with Gasteiger partial charge in [0.05, 0.1) is 0 Å². The van der Waals surface area contributed by atoms with Gasteiger partial charge in [0.25, 0.3) is 0 Å². The minimum Gasteiger partial charge on any atom is -0.310 e. The lowest BCUT2D eigenvalue weighted by molar-refractivity contribution is 0.521. The van der Waals surface area contributed by atoms with Crippen LogP contribution in [0.25, 0.3) is 0 Å². The Kier molecular flexibility index (Phi) is 10.0. The summed E-state index contributed by atoms with van der Waals surface area (Å²) in [5.74, 6) is 0. The monoisotopic (exact) mass is 339 g/mol. The van der Waals surface area contributed by atoms with E-state index in [4.69, 9.17) is 0 Å². The number of nitrogens with one attached hydrogen (secondary N) is 1. The third-order valence-corrected chi connectivity index (χ3v) is 4.57. The van der Waals surface area contributed by atoms with Crippen LogP contribution in [0.15, 0.2) is 28.7 Å². The molecule has 0 unspecified atom stereocenters. The summed E-state index contributed by atoms with van der Waals surface area (Å²) in [6.07, 6.45) is 11.1. The van der Waals surface area contributed by atoms with Gasteiger partial charge in [-0.15, -0.1) is 0 Å². The predicted octanol–water partition coefficient (Wildman–Crippen LogP) is 6.24. The quantitative estimate of drug-likeness (QED) is 0.470. The molecule has 0 saturated carbocycles. The largest absolute Gasteiger partial charge is 0.310 e. The fraction of sp³-hybridized carbons (Fsp3) is 0.667. The van der Waals surface area contributed by atoms with Crippen LogP contribution in [0.1, 0.15) is 76.8 Å². The van der Waals surface area contributed by atoms with Crippen molar-refractivity contribution in [2.45, 2.75) is 71.3 Å². The van der Waals surface area contributed by atoms with E-state index in [9.17, 15) is 0 Å². The number of hydrogen-bond donors (Lipinski definition) is 1. The topological polar surface area (TPSA) is 12.0 Å². The minimum absolute atomic E-state index is 0.426. The first-order chi connectivity index (χ1) is 9.75. The molecule has 1 aromatic carbocycles. The van der Waals surface area contributed by atoms with Crippen molar-refractivity contribution in [3.05, 3.63) is 34.3 Å². The van der Waals surface area contributed by atoms with Crippen LogP contribution >= 0.6 is 15.9 Å². The van der Waals surface area contributed by atoms with Crippen molar-refractivity contribution in [1.82, 2.24) is 5.32 Å². The van der Waals surface area contributed by atoms with E-state index in [2.05, 4.69) is 59.4 Å². The summed E-state index contributed by atoms with van der Waals surface area (Å²) >= 11 is 3.62.